The lowest BCUT2D eigenvalue weighted by atomic mass is 10.0. The molecule has 1 saturated heterocycles. The average molecular weight is 383 g/mol. The van der Waals surface area contributed by atoms with E-state index in [9.17, 15) is 9.18 Å². The molecule has 1 amide bonds. The monoisotopic (exact) mass is 383 g/mol. The largest absolute Gasteiger partial charge is 0.370 e. The van der Waals surface area contributed by atoms with Gasteiger partial charge in [-0.25, -0.2) is 0 Å². The van der Waals surface area contributed by atoms with E-state index in [1.165, 1.54) is 18.3 Å². The summed E-state index contributed by atoms with van der Waals surface area (Å²) in [5.74, 6) is 0.303. The number of anilines is 1. The van der Waals surface area contributed by atoms with Crippen LogP contribution in [0, 0.1) is 12.9 Å². The fraction of sp³-hybridized carbons (Fsp3) is 0.625. The summed E-state index contributed by atoms with van der Waals surface area (Å²) < 4.78 is 24.8. The minimum absolute atomic E-state index is 0.112. The van der Waals surface area contributed by atoms with E-state index in [2.05, 4.69) is 32.3 Å². The molecule has 0 radical (unpaired) electrons. The third kappa shape index (κ3) is 4.83. The molecular formula is C16H22FN5O3S. The number of nitrogens with one attached hydrogen (secondary N) is 1. The van der Waals surface area contributed by atoms with Crippen LogP contribution >= 0.6 is 11.3 Å². The van der Waals surface area contributed by atoms with Crippen molar-refractivity contribution in [1.29, 1.82) is 0 Å². The third-order valence-corrected chi connectivity index (χ3v) is 5.19. The van der Waals surface area contributed by atoms with Crippen molar-refractivity contribution in [2.24, 2.45) is 0 Å². The van der Waals surface area contributed by atoms with Crippen LogP contribution in [0.1, 0.15) is 43.3 Å². The average Bonchev–Trinajstić information content (AvgIpc) is 3.13. The van der Waals surface area contributed by atoms with Gasteiger partial charge in [0.2, 0.25) is 17.7 Å². The zero-order valence-corrected chi connectivity index (χ0v) is 15.8. The Morgan fingerprint density at radius 3 is 2.96 bits per heavy atom. The maximum atomic E-state index is 14.0. The molecule has 0 spiro atoms. The number of ether oxygens (including phenoxy) is 1. The number of aromatic nitrogens is 3. The summed E-state index contributed by atoms with van der Waals surface area (Å²) in [5.41, 5.74) is 0. The molecule has 0 unspecified atom stereocenters. The molecule has 26 heavy (non-hydrogen) atoms. The van der Waals surface area contributed by atoms with E-state index >= 15 is 0 Å². The van der Waals surface area contributed by atoms with E-state index in [4.69, 9.17) is 9.26 Å². The number of amides is 1. The molecule has 8 nitrogen and oxygen atoms in total. The Balaban J connectivity index is 1.51. The number of likely N-dealkylation sites (tertiary alicyclic amines) is 1. The summed E-state index contributed by atoms with van der Waals surface area (Å²) in [6.07, 6.45) is 1.80. The van der Waals surface area contributed by atoms with Gasteiger partial charge in [-0.15, -0.1) is 0 Å². The number of hydrogen-bond donors (Lipinski definition) is 1. The minimum atomic E-state index is -0.517. The number of carbonyl (C=O) groups excluding carboxylic acids is 1. The molecule has 10 heteroatoms. The number of halogens is 1. The van der Waals surface area contributed by atoms with E-state index in [0.717, 1.165) is 19.4 Å². The molecular weight excluding hydrogens is 361 g/mol. The second-order valence-electron chi connectivity index (χ2n) is 6.42. The second kappa shape index (κ2) is 8.19. The smallest absolute Gasteiger partial charge is 0.230 e. The standard InChI is InChI=1S/C16H22FN5O3S/c1-9-6-12(24-8-14-19-11(3)25-21-14)4-5-22(9)7-13-15(17)20-16(26-13)18-10(2)23/h9,12H,4-8H2,1-3H3,(H,18,20,23)/t9-,12+/m0/s1. The lowest BCUT2D eigenvalue weighted by molar-refractivity contribution is -0.114. The van der Waals surface area contributed by atoms with E-state index in [0.29, 0.717) is 34.9 Å². The van der Waals surface area contributed by atoms with Gasteiger partial charge >= 0.3 is 0 Å². The molecule has 2 aromatic heterocycles. The number of rotatable bonds is 6. The van der Waals surface area contributed by atoms with Crippen molar-refractivity contribution < 1.29 is 18.4 Å². The lowest BCUT2D eigenvalue weighted by Crippen LogP contribution is -2.42. The molecule has 3 rings (SSSR count). The molecule has 1 N–H and O–H groups in total. The molecule has 3 heterocycles. The zero-order chi connectivity index (χ0) is 18.7. The van der Waals surface area contributed by atoms with Crippen molar-refractivity contribution in [2.75, 3.05) is 11.9 Å². The molecule has 2 atom stereocenters. The fourth-order valence-electron chi connectivity index (χ4n) is 2.98. The fourth-order valence-corrected chi connectivity index (χ4v) is 3.89. The van der Waals surface area contributed by atoms with Gasteiger partial charge in [0, 0.05) is 33.0 Å². The normalized spacial score (nSPS) is 21.1. The lowest BCUT2D eigenvalue weighted by Gasteiger charge is -2.37. The first-order valence-corrected chi connectivity index (χ1v) is 9.30. The number of piperidine rings is 1. The van der Waals surface area contributed by atoms with Crippen molar-refractivity contribution in [3.8, 4) is 0 Å². The molecule has 1 aliphatic heterocycles. The van der Waals surface area contributed by atoms with Crippen LogP contribution in [0.25, 0.3) is 0 Å². The predicted molar refractivity (Wildman–Crippen MR) is 93.1 cm³/mol. The quantitative estimate of drug-likeness (QED) is 0.819. The van der Waals surface area contributed by atoms with Crippen LogP contribution in [0.3, 0.4) is 0 Å². The van der Waals surface area contributed by atoms with Gasteiger partial charge in [0.05, 0.1) is 11.0 Å². The van der Waals surface area contributed by atoms with Crippen LogP contribution < -0.4 is 5.32 Å². The highest BCUT2D eigenvalue weighted by Crippen LogP contribution is 2.27. The van der Waals surface area contributed by atoms with Crippen molar-refractivity contribution in [3.05, 3.63) is 22.5 Å². The summed E-state index contributed by atoms with van der Waals surface area (Å²) in [4.78, 5) is 21.7. The Morgan fingerprint density at radius 2 is 2.31 bits per heavy atom. The maximum absolute atomic E-state index is 14.0. The molecule has 1 fully saturated rings. The molecule has 0 aliphatic carbocycles. The van der Waals surface area contributed by atoms with Crippen LogP contribution in [0.2, 0.25) is 0 Å². The number of carbonyl (C=O) groups is 1. The van der Waals surface area contributed by atoms with Gasteiger partial charge < -0.3 is 14.6 Å². The van der Waals surface area contributed by atoms with Gasteiger partial charge in [-0.2, -0.15) is 14.4 Å². The number of thiazole rings is 1. The van der Waals surface area contributed by atoms with Crippen molar-refractivity contribution in [3.63, 3.8) is 0 Å². The van der Waals surface area contributed by atoms with Crippen LogP contribution in [-0.2, 0) is 22.7 Å². The second-order valence-corrected chi connectivity index (χ2v) is 7.50. The van der Waals surface area contributed by atoms with Crippen LogP contribution in [0.5, 0.6) is 0 Å². The Labute approximate surface area is 154 Å². The van der Waals surface area contributed by atoms with Crippen molar-refractivity contribution >= 4 is 22.4 Å². The van der Waals surface area contributed by atoms with Gasteiger partial charge in [0.25, 0.3) is 0 Å². The molecule has 1 aliphatic rings. The third-order valence-electron chi connectivity index (χ3n) is 4.26. The van der Waals surface area contributed by atoms with E-state index in [1.807, 2.05) is 0 Å². The summed E-state index contributed by atoms with van der Waals surface area (Å²) >= 11 is 1.18. The highest BCUT2D eigenvalue weighted by molar-refractivity contribution is 7.15. The number of hydrogen-bond acceptors (Lipinski definition) is 8. The Bertz CT molecular complexity index is 765. The predicted octanol–water partition coefficient (Wildman–Crippen LogP) is 2.50. The van der Waals surface area contributed by atoms with Gasteiger partial charge in [-0.05, 0) is 19.8 Å². The van der Waals surface area contributed by atoms with Crippen molar-refractivity contribution in [2.45, 2.75) is 58.9 Å². The summed E-state index contributed by atoms with van der Waals surface area (Å²) in [5, 5.41) is 6.65. The van der Waals surface area contributed by atoms with E-state index in [1.54, 1.807) is 6.92 Å². The van der Waals surface area contributed by atoms with Crippen molar-refractivity contribution in [1.82, 2.24) is 20.0 Å². The SMILES string of the molecule is CC(=O)Nc1nc(F)c(CN2CC[C@@H](OCc3noc(C)n3)C[C@@H]2C)s1. The molecule has 2 aromatic rings. The summed E-state index contributed by atoms with van der Waals surface area (Å²) in [6, 6.07) is 0.242. The first-order valence-electron chi connectivity index (χ1n) is 8.48. The summed E-state index contributed by atoms with van der Waals surface area (Å²) in [6.45, 7) is 6.82. The highest BCUT2D eigenvalue weighted by atomic mass is 32.1. The van der Waals surface area contributed by atoms with Gasteiger partial charge in [0.1, 0.15) is 6.61 Å². The Kier molecular flexibility index (Phi) is 5.94. The van der Waals surface area contributed by atoms with E-state index < -0.39 is 5.95 Å². The van der Waals surface area contributed by atoms with Gasteiger partial charge in [0.15, 0.2) is 11.0 Å². The molecule has 0 saturated carbocycles. The highest BCUT2D eigenvalue weighted by Gasteiger charge is 2.28. The zero-order valence-electron chi connectivity index (χ0n) is 15.0. The number of aryl methyl sites for hydroxylation is 1. The minimum Gasteiger partial charge on any atom is -0.370 e. The topological polar surface area (TPSA) is 93.4 Å². The first-order chi connectivity index (χ1) is 12.4. The van der Waals surface area contributed by atoms with Crippen LogP contribution in [0.4, 0.5) is 9.52 Å². The van der Waals surface area contributed by atoms with Gasteiger partial charge in [-0.3, -0.25) is 9.69 Å². The number of nitrogens with zero attached hydrogens (tertiary/aromatic N) is 4. The molecule has 0 aromatic carbocycles. The van der Waals surface area contributed by atoms with E-state index in [-0.39, 0.29) is 18.1 Å². The van der Waals surface area contributed by atoms with Crippen LogP contribution in [0.15, 0.2) is 4.52 Å². The first kappa shape index (κ1) is 18.9. The van der Waals surface area contributed by atoms with Crippen LogP contribution in [-0.4, -0.2) is 44.6 Å². The molecule has 142 valence electrons. The molecule has 0 bridgehead atoms. The maximum Gasteiger partial charge on any atom is 0.230 e. The Hall–Kier alpha value is -1.91. The summed E-state index contributed by atoms with van der Waals surface area (Å²) in [7, 11) is 0. The van der Waals surface area contributed by atoms with Gasteiger partial charge in [-0.1, -0.05) is 16.5 Å². The Morgan fingerprint density at radius 1 is 1.50 bits per heavy atom.